The molecule has 0 amide bonds. The predicted octanol–water partition coefficient (Wildman–Crippen LogP) is -0.467. The van der Waals surface area contributed by atoms with Gasteiger partial charge in [0.15, 0.2) is 17.0 Å². The summed E-state index contributed by atoms with van der Waals surface area (Å²) in [4.78, 5) is 14.6. The van der Waals surface area contributed by atoms with Gasteiger partial charge in [-0.1, -0.05) is 0 Å². The number of aliphatic hydroxyl groups excluding tert-OH is 2. The zero-order valence-corrected chi connectivity index (χ0v) is 11.3. The van der Waals surface area contributed by atoms with Crippen LogP contribution in [0, 0.1) is 0 Å². The molecule has 1 aliphatic rings. The van der Waals surface area contributed by atoms with Crippen LogP contribution in [-0.2, 0) is 4.74 Å². The third-order valence-corrected chi connectivity index (χ3v) is 3.46. The fraction of sp³-hybridized carbons (Fsp3) is 0.583. The van der Waals surface area contributed by atoms with Crippen molar-refractivity contribution in [3.05, 3.63) is 12.7 Å². The van der Waals surface area contributed by atoms with E-state index in [2.05, 4.69) is 15.0 Å². The van der Waals surface area contributed by atoms with Crippen molar-refractivity contribution in [2.24, 2.45) is 0 Å². The summed E-state index contributed by atoms with van der Waals surface area (Å²) >= 11 is 0. The minimum Gasteiger partial charge on any atom is -0.394 e. The summed E-state index contributed by atoms with van der Waals surface area (Å²) in [6, 6.07) is 0. The van der Waals surface area contributed by atoms with Crippen LogP contribution in [0.15, 0.2) is 12.7 Å². The van der Waals surface area contributed by atoms with E-state index in [9.17, 15) is 5.11 Å². The van der Waals surface area contributed by atoms with Gasteiger partial charge in [0.2, 0.25) is 0 Å². The number of hydrogen-bond acceptors (Lipinski definition) is 7. The smallest absolute Gasteiger partial charge is 0.167 e. The number of rotatable bonds is 3. The van der Waals surface area contributed by atoms with Crippen LogP contribution < -0.4 is 4.90 Å². The second-order valence-corrected chi connectivity index (χ2v) is 5.03. The highest BCUT2D eigenvalue weighted by molar-refractivity contribution is 5.83. The summed E-state index contributed by atoms with van der Waals surface area (Å²) in [6.07, 6.45) is 1.88. The van der Waals surface area contributed by atoms with Crippen molar-refractivity contribution in [1.29, 1.82) is 0 Å². The number of fused-ring (bicyclic) bond motifs is 1. The SMILES string of the molecule is CN(C)c1ncnc2c1ncn2C1C[C@H](O)[C@@H](CO)O1. The van der Waals surface area contributed by atoms with Gasteiger partial charge in [0.1, 0.15) is 18.7 Å². The average molecular weight is 279 g/mol. The standard InChI is InChI=1S/C12H17N5O3/c1-16(2)11-10-12(14-5-13-11)17(6-15-10)9-3-7(19)8(4-18)20-9/h5-9,18-19H,3-4H2,1-2H3/t7-,8+,9?/m0/s1. The van der Waals surface area contributed by atoms with E-state index in [0.29, 0.717) is 17.6 Å². The average Bonchev–Trinajstić information content (AvgIpc) is 3.01. The fourth-order valence-corrected chi connectivity index (χ4v) is 2.43. The fourth-order valence-electron chi connectivity index (χ4n) is 2.43. The maximum Gasteiger partial charge on any atom is 0.167 e. The van der Waals surface area contributed by atoms with Crippen LogP contribution in [0.1, 0.15) is 12.6 Å². The second kappa shape index (κ2) is 4.97. The van der Waals surface area contributed by atoms with E-state index < -0.39 is 12.2 Å². The first kappa shape index (κ1) is 13.2. The molecule has 8 heteroatoms. The monoisotopic (exact) mass is 279 g/mol. The van der Waals surface area contributed by atoms with Crippen LogP contribution in [0.2, 0.25) is 0 Å². The van der Waals surface area contributed by atoms with Gasteiger partial charge in [-0.15, -0.1) is 0 Å². The molecule has 108 valence electrons. The first-order valence-corrected chi connectivity index (χ1v) is 6.41. The Morgan fingerprint density at radius 2 is 2.20 bits per heavy atom. The molecule has 2 N–H and O–H groups in total. The molecule has 1 fully saturated rings. The molecule has 0 spiro atoms. The zero-order chi connectivity index (χ0) is 14.3. The third kappa shape index (κ3) is 2.01. The molecule has 0 aliphatic carbocycles. The molecule has 8 nitrogen and oxygen atoms in total. The molecule has 0 bridgehead atoms. The lowest BCUT2D eigenvalue weighted by molar-refractivity contribution is -0.0432. The molecular weight excluding hydrogens is 262 g/mol. The van der Waals surface area contributed by atoms with Crippen LogP contribution >= 0.6 is 0 Å². The maximum absolute atomic E-state index is 9.81. The van der Waals surface area contributed by atoms with Crippen LogP contribution in [0.3, 0.4) is 0 Å². The van der Waals surface area contributed by atoms with Gasteiger partial charge in [0.05, 0.1) is 19.0 Å². The van der Waals surface area contributed by atoms with Crippen molar-refractivity contribution in [2.45, 2.75) is 24.9 Å². The molecule has 1 aliphatic heterocycles. The normalized spacial score (nSPS) is 26.3. The molecule has 3 atom stereocenters. The largest absolute Gasteiger partial charge is 0.394 e. The molecule has 1 saturated heterocycles. The Kier molecular flexibility index (Phi) is 3.28. The zero-order valence-electron chi connectivity index (χ0n) is 11.3. The molecule has 2 aromatic heterocycles. The first-order chi connectivity index (χ1) is 9.61. The van der Waals surface area contributed by atoms with Crippen molar-refractivity contribution in [3.63, 3.8) is 0 Å². The Bertz CT molecular complexity index is 614. The van der Waals surface area contributed by atoms with E-state index in [1.54, 1.807) is 10.9 Å². The van der Waals surface area contributed by atoms with Crippen LogP contribution in [0.5, 0.6) is 0 Å². The van der Waals surface area contributed by atoms with Crippen molar-refractivity contribution >= 4 is 17.0 Å². The van der Waals surface area contributed by atoms with Crippen molar-refractivity contribution < 1.29 is 14.9 Å². The number of anilines is 1. The summed E-state index contributed by atoms with van der Waals surface area (Å²) in [5.41, 5.74) is 1.34. The van der Waals surface area contributed by atoms with E-state index >= 15 is 0 Å². The summed E-state index contributed by atoms with van der Waals surface area (Å²) < 4.78 is 7.39. The van der Waals surface area contributed by atoms with E-state index in [1.165, 1.54) is 6.33 Å². The lowest BCUT2D eigenvalue weighted by Crippen LogP contribution is -2.24. The van der Waals surface area contributed by atoms with Crippen LogP contribution in [0.4, 0.5) is 5.82 Å². The molecule has 0 aromatic carbocycles. The van der Waals surface area contributed by atoms with E-state index in [4.69, 9.17) is 9.84 Å². The molecular formula is C12H17N5O3. The summed E-state index contributed by atoms with van der Waals surface area (Å²) in [6.45, 7) is -0.206. The molecule has 0 saturated carbocycles. The number of aliphatic hydroxyl groups is 2. The Balaban J connectivity index is 2.00. The molecule has 1 unspecified atom stereocenters. The lowest BCUT2D eigenvalue weighted by Gasteiger charge is -2.14. The number of imidazole rings is 1. The quantitative estimate of drug-likeness (QED) is 0.784. The van der Waals surface area contributed by atoms with Crippen molar-refractivity contribution in [3.8, 4) is 0 Å². The van der Waals surface area contributed by atoms with Gasteiger partial charge in [0.25, 0.3) is 0 Å². The summed E-state index contributed by atoms with van der Waals surface area (Å²) in [7, 11) is 3.77. The molecule has 20 heavy (non-hydrogen) atoms. The van der Waals surface area contributed by atoms with Gasteiger partial charge in [-0.2, -0.15) is 0 Å². The lowest BCUT2D eigenvalue weighted by atomic mass is 10.2. The second-order valence-electron chi connectivity index (χ2n) is 5.03. The van der Waals surface area contributed by atoms with Crippen LogP contribution in [-0.4, -0.2) is 62.6 Å². The molecule has 3 heterocycles. The number of ether oxygens (including phenoxy) is 1. The van der Waals surface area contributed by atoms with Gasteiger partial charge < -0.3 is 19.8 Å². The van der Waals surface area contributed by atoms with Gasteiger partial charge in [0, 0.05) is 20.5 Å². The van der Waals surface area contributed by atoms with Crippen LogP contribution in [0.25, 0.3) is 11.2 Å². The first-order valence-electron chi connectivity index (χ1n) is 6.41. The predicted molar refractivity (Wildman–Crippen MR) is 71.3 cm³/mol. The van der Waals surface area contributed by atoms with Crippen molar-refractivity contribution in [1.82, 2.24) is 19.5 Å². The topological polar surface area (TPSA) is 96.5 Å². The van der Waals surface area contributed by atoms with Gasteiger partial charge >= 0.3 is 0 Å². The van der Waals surface area contributed by atoms with E-state index in [-0.39, 0.29) is 12.8 Å². The Hall–Kier alpha value is -1.77. The van der Waals surface area contributed by atoms with Gasteiger partial charge in [-0.05, 0) is 0 Å². The number of nitrogens with zero attached hydrogens (tertiary/aromatic N) is 5. The molecule has 3 rings (SSSR count). The number of aromatic nitrogens is 4. The summed E-state index contributed by atoms with van der Waals surface area (Å²) in [5.74, 6) is 0.728. The Labute approximate surface area is 115 Å². The molecule has 2 aromatic rings. The third-order valence-electron chi connectivity index (χ3n) is 3.46. The number of hydrogen-bond donors (Lipinski definition) is 2. The highest BCUT2D eigenvalue weighted by Gasteiger charge is 2.35. The maximum atomic E-state index is 9.81. The minimum absolute atomic E-state index is 0.206. The molecule has 0 radical (unpaired) electrons. The van der Waals surface area contributed by atoms with Crippen molar-refractivity contribution in [2.75, 3.05) is 25.6 Å². The van der Waals surface area contributed by atoms with Gasteiger partial charge in [-0.25, -0.2) is 15.0 Å². The van der Waals surface area contributed by atoms with E-state index in [0.717, 1.165) is 5.82 Å². The summed E-state index contributed by atoms with van der Waals surface area (Å²) in [5, 5.41) is 19.0. The highest BCUT2D eigenvalue weighted by Crippen LogP contribution is 2.31. The minimum atomic E-state index is -0.683. The highest BCUT2D eigenvalue weighted by atomic mass is 16.5. The Morgan fingerprint density at radius 3 is 2.85 bits per heavy atom. The Morgan fingerprint density at radius 1 is 1.40 bits per heavy atom. The van der Waals surface area contributed by atoms with E-state index in [1.807, 2.05) is 19.0 Å². The van der Waals surface area contributed by atoms with Gasteiger partial charge in [-0.3, -0.25) is 4.57 Å².